The van der Waals surface area contributed by atoms with E-state index in [2.05, 4.69) is 15.5 Å². The van der Waals surface area contributed by atoms with Gasteiger partial charge in [0.05, 0.1) is 17.9 Å². The van der Waals surface area contributed by atoms with Gasteiger partial charge in [0.25, 0.3) is 0 Å². The lowest BCUT2D eigenvalue weighted by atomic mass is 10.2. The highest BCUT2D eigenvalue weighted by Gasteiger charge is 2.21. The van der Waals surface area contributed by atoms with Gasteiger partial charge in [0.15, 0.2) is 5.69 Å². The molecule has 0 saturated carbocycles. The Morgan fingerprint density at radius 2 is 2.27 bits per heavy atom. The van der Waals surface area contributed by atoms with Crippen molar-refractivity contribution in [2.24, 2.45) is 0 Å². The van der Waals surface area contributed by atoms with Crippen molar-refractivity contribution in [3.05, 3.63) is 50.8 Å². The Balaban J connectivity index is 1.99. The van der Waals surface area contributed by atoms with E-state index in [1.54, 1.807) is 16.0 Å². The van der Waals surface area contributed by atoms with E-state index in [0.29, 0.717) is 24.4 Å². The predicted octanol–water partition coefficient (Wildman–Crippen LogP) is 2.28. The lowest BCUT2D eigenvalue weighted by Gasteiger charge is -2.06. The summed E-state index contributed by atoms with van der Waals surface area (Å²) in [6.07, 6.45) is 0.482. The Bertz CT molecular complexity index is 785. The smallest absolute Gasteiger partial charge is 0.358 e. The molecule has 1 N–H and O–H groups in total. The van der Waals surface area contributed by atoms with Gasteiger partial charge in [-0.15, -0.1) is 16.4 Å². The summed E-state index contributed by atoms with van der Waals surface area (Å²) < 4.78 is 6.75. The number of aromatic nitrogens is 4. The molecule has 3 aromatic heterocycles. The standard InChI is InChI=1S/C14H14N4O3S/c1-8-11(9(2)21-16-8)7-18-12(6-10-4-3-5-22-10)13(14(19)20)15-17-18/h3-5H,6-7H2,1-2H3,(H,19,20). The number of hydrogen-bond acceptors (Lipinski definition) is 6. The van der Waals surface area contributed by atoms with Crippen molar-refractivity contribution in [1.29, 1.82) is 0 Å². The summed E-state index contributed by atoms with van der Waals surface area (Å²) in [5.41, 5.74) is 2.23. The van der Waals surface area contributed by atoms with E-state index >= 15 is 0 Å². The molecule has 0 aliphatic carbocycles. The topological polar surface area (TPSA) is 94.0 Å². The summed E-state index contributed by atoms with van der Waals surface area (Å²) in [4.78, 5) is 12.4. The second-order valence-corrected chi connectivity index (χ2v) is 5.94. The van der Waals surface area contributed by atoms with Crippen LogP contribution in [0.2, 0.25) is 0 Å². The van der Waals surface area contributed by atoms with Crippen LogP contribution in [0.15, 0.2) is 22.0 Å². The zero-order valence-corrected chi connectivity index (χ0v) is 12.9. The molecule has 0 radical (unpaired) electrons. The summed E-state index contributed by atoms with van der Waals surface area (Å²) in [5, 5.41) is 23.0. The molecular weight excluding hydrogens is 304 g/mol. The van der Waals surface area contributed by atoms with Crippen molar-refractivity contribution in [2.75, 3.05) is 0 Å². The largest absolute Gasteiger partial charge is 0.476 e. The Labute approximate surface area is 130 Å². The molecule has 0 aliphatic rings. The highest BCUT2D eigenvalue weighted by Crippen LogP contribution is 2.20. The van der Waals surface area contributed by atoms with E-state index in [0.717, 1.165) is 16.1 Å². The van der Waals surface area contributed by atoms with Crippen LogP contribution in [-0.4, -0.2) is 31.2 Å². The number of hydrogen-bond donors (Lipinski definition) is 1. The van der Waals surface area contributed by atoms with Gasteiger partial charge < -0.3 is 9.63 Å². The molecule has 3 aromatic rings. The van der Waals surface area contributed by atoms with Gasteiger partial charge in [-0.3, -0.25) is 0 Å². The van der Waals surface area contributed by atoms with E-state index in [9.17, 15) is 9.90 Å². The number of thiophene rings is 1. The molecule has 0 unspecified atom stereocenters. The average Bonchev–Trinajstić information content (AvgIpc) is 3.18. The number of aryl methyl sites for hydroxylation is 2. The molecule has 0 spiro atoms. The minimum atomic E-state index is -1.07. The molecule has 0 atom stereocenters. The molecule has 7 nitrogen and oxygen atoms in total. The summed E-state index contributed by atoms with van der Waals surface area (Å²) in [7, 11) is 0. The zero-order valence-electron chi connectivity index (χ0n) is 12.1. The Hall–Kier alpha value is -2.48. The molecule has 3 rings (SSSR count). The summed E-state index contributed by atoms with van der Waals surface area (Å²) in [6.45, 7) is 4.06. The van der Waals surface area contributed by atoms with Crippen LogP contribution in [0.25, 0.3) is 0 Å². The highest BCUT2D eigenvalue weighted by atomic mass is 32.1. The maximum absolute atomic E-state index is 11.4. The van der Waals surface area contributed by atoms with E-state index < -0.39 is 5.97 Å². The van der Waals surface area contributed by atoms with Crippen molar-refractivity contribution in [2.45, 2.75) is 26.8 Å². The van der Waals surface area contributed by atoms with Gasteiger partial charge in [-0.1, -0.05) is 16.4 Å². The molecular formula is C14H14N4O3S. The zero-order chi connectivity index (χ0) is 15.7. The van der Waals surface area contributed by atoms with Gasteiger partial charge in [-0.25, -0.2) is 9.48 Å². The first kappa shape index (κ1) is 14.5. The number of carboxylic acids is 1. The highest BCUT2D eigenvalue weighted by molar-refractivity contribution is 7.09. The first-order valence-electron chi connectivity index (χ1n) is 6.66. The average molecular weight is 318 g/mol. The fourth-order valence-electron chi connectivity index (χ4n) is 2.26. The van der Waals surface area contributed by atoms with Crippen molar-refractivity contribution in [3.8, 4) is 0 Å². The lowest BCUT2D eigenvalue weighted by Crippen LogP contribution is -2.10. The van der Waals surface area contributed by atoms with Crippen molar-refractivity contribution < 1.29 is 14.4 Å². The van der Waals surface area contributed by atoms with Gasteiger partial charge in [-0.05, 0) is 25.3 Å². The Morgan fingerprint density at radius 1 is 1.45 bits per heavy atom. The SMILES string of the molecule is Cc1noc(C)c1Cn1nnc(C(=O)O)c1Cc1cccs1. The molecule has 0 bridgehead atoms. The molecule has 22 heavy (non-hydrogen) atoms. The van der Waals surface area contributed by atoms with Gasteiger partial charge in [0.2, 0.25) is 0 Å². The van der Waals surface area contributed by atoms with Gasteiger partial charge in [-0.2, -0.15) is 0 Å². The van der Waals surface area contributed by atoms with Crippen LogP contribution < -0.4 is 0 Å². The second-order valence-electron chi connectivity index (χ2n) is 4.91. The molecule has 8 heteroatoms. The number of aromatic carboxylic acids is 1. The second kappa shape index (κ2) is 5.72. The number of rotatable bonds is 5. The Morgan fingerprint density at radius 3 is 2.86 bits per heavy atom. The summed E-state index contributed by atoms with van der Waals surface area (Å²) >= 11 is 1.57. The van der Waals surface area contributed by atoms with Crippen LogP contribution >= 0.6 is 11.3 Å². The van der Waals surface area contributed by atoms with Crippen LogP contribution in [0.1, 0.15) is 38.1 Å². The first-order chi connectivity index (χ1) is 10.6. The van der Waals surface area contributed by atoms with Crippen molar-refractivity contribution in [1.82, 2.24) is 20.2 Å². The number of nitrogens with zero attached hydrogens (tertiary/aromatic N) is 4. The maximum Gasteiger partial charge on any atom is 0.358 e. The predicted molar refractivity (Wildman–Crippen MR) is 79.2 cm³/mol. The van der Waals surface area contributed by atoms with E-state index in [1.165, 1.54) is 0 Å². The molecule has 0 aliphatic heterocycles. The van der Waals surface area contributed by atoms with Crippen LogP contribution in [0.5, 0.6) is 0 Å². The third-order valence-corrected chi connectivity index (χ3v) is 4.33. The van der Waals surface area contributed by atoms with Gasteiger partial charge in [0, 0.05) is 16.9 Å². The van der Waals surface area contributed by atoms with Crippen molar-refractivity contribution >= 4 is 17.3 Å². The number of carboxylic acid groups (broad SMARTS) is 1. The summed E-state index contributed by atoms with van der Waals surface area (Å²) in [5.74, 6) is -0.372. The molecule has 0 fully saturated rings. The monoisotopic (exact) mass is 318 g/mol. The molecule has 114 valence electrons. The van der Waals surface area contributed by atoms with Gasteiger partial charge in [0.1, 0.15) is 5.76 Å². The fraction of sp³-hybridized carbons (Fsp3) is 0.286. The molecule has 0 aromatic carbocycles. The van der Waals surface area contributed by atoms with E-state index in [1.807, 2.05) is 31.4 Å². The maximum atomic E-state index is 11.4. The van der Waals surface area contributed by atoms with Gasteiger partial charge >= 0.3 is 5.97 Å². The Kier molecular flexibility index (Phi) is 3.76. The third kappa shape index (κ3) is 2.64. The summed E-state index contributed by atoms with van der Waals surface area (Å²) in [6, 6.07) is 3.90. The van der Waals surface area contributed by atoms with Crippen molar-refractivity contribution in [3.63, 3.8) is 0 Å². The van der Waals surface area contributed by atoms with Crippen LogP contribution in [-0.2, 0) is 13.0 Å². The minimum Gasteiger partial charge on any atom is -0.476 e. The van der Waals surface area contributed by atoms with Crippen LogP contribution in [0.3, 0.4) is 0 Å². The third-order valence-electron chi connectivity index (χ3n) is 3.45. The van der Waals surface area contributed by atoms with E-state index in [4.69, 9.17) is 4.52 Å². The molecule has 0 amide bonds. The van der Waals surface area contributed by atoms with Crippen LogP contribution in [0, 0.1) is 13.8 Å². The number of carbonyl (C=O) groups is 1. The minimum absolute atomic E-state index is 0.0137. The lowest BCUT2D eigenvalue weighted by molar-refractivity contribution is 0.0689. The fourth-order valence-corrected chi connectivity index (χ4v) is 2.97. The molecule has 0 saturated heterocycles. The normalized spacial score (nSPS) is 11.0. The van der Waals surface area contributed by atoms with Crippen LogP contribution in [0.4, 0.5) is 0 Å². The quantitative estimate of drug-likeness (QED) is 0.775. The first-order valence-corrected chi connectivity index (χ1v) is 7.54. The van der Waals surface area contributed by atoms with E-state index in [-0.39, 0.29) is 5.69 Å². The molecule has 3 heterocycles.